The Morgan fingerprint density at radius 2 is 2.00 bits per heavy atom. The highest BCUT2D eigenvalue weighted by Crippen LogP contribution is 2.22. The number of aromatic nitrogens is 1. The summed E-state index contributed by atoms with van der Waals surface area (Å²) in [5, 5.41) is 0. The summed E-state index contributed by atoms with van der Waals surface area (Å²) in [6.45, 7) is -0.890. The largest absolute Gasteiger partial charge is 0.477 e. The Balaban J connectivity index is 2.77. The Bertz CT molecular complexity index is 480. The maximum absolute atomic E-state index is 12.1. The van der Waals surface area contributed by atoms with E-state index in [2.05, 4.69) is 9.72 Å². The molecule has 1 aromatic heterocycles. The molecule has 0 spiro atoms. The summed E-state index contributed by atoms with van der Waals surface area (Å²) in [5.41, 5.74) is 5.10. The van der Waals surface area contributed by atoms with Crippen molar-refractivity contribution in [1.82, 2.24) is 4.98 Å². The topological polar surface area (TPSA) is 83.7 Å². The molecular weight excluding hydrogens is 293 g/mol. The number of rotatable bonds is 8. The summed E-state index contributed by atoms with van der Waals surface area (Å²) in [6.07, 6.45) is -3.96. The van der Waals surface area contributed by atoms with Crippen LogP contribution in [-0.2, 0) is 4.74 Å². The fourth-order valence-electron chi connectivity index (χ4n) is 1.33. The normalized spacial score (nSPS) is 11.2. The van der Waals surface area contributed by atoms with Gasteiger partial charge >= 0.3 is 6.18 Å². The summed E-state index contributed by atoms with van der Waals surface area (Å²) < 4.78 is 50.7. The SMILES string of the molecule is COCCCOc1nc(OCC(F)(F)F)ccc1C(N)=O. The summed E-state index contributed by atoms with van der Waals surface area (Å²) in [6, 6.07) is 2.32. The van der Waals surface area contributed by atoms with Gasteiger partial charge in [-0.3, -0.25) is 4.79 Å². The van der Waals surface area contributed by atoms with Gasteiger partial charge in [-0.15, -0.1) is 0 Å². The number of nitrogens with two attached hydrogens (primary N) is 1. The van der Waals surface area contributed by atoms with Crippen LogP contribution in [0, 0.1) is 0 Å². The van der Waals surface area contributed by atoms with Crippen molar-refractivity contribution in [3.63, 3.8) is 0 Å². The minimum Gasteiger partial charge on any atom is -0.477 e. The first kappa shape index (κ1) is 17.0. The Hall–Kier alpha value is -2.03. The molecule has 1 heterocycles. The van der Waals surface area contributed by atoms with Crippen molar-refractivity contribution in [2.75, 3.05) is 26.9 Å². The molecule has 118 valence electrons. The maximum atomic E-state index is 12.1. The van der Waals surface area contributed by atoms with Gasteiger partial charge in [-0.25, -0.2) is 0 Å². The molecule has 0 aliphatic carbocycles. The van der Waals surface area contributed by atoms with Crippen molar-refractivity contribution < 1.29 is 32.2 Å². The van der Waals surface area contributed by atoms with Crippen LogP contribution < -0.4 is 15.2 Å². The molecule has 1 rings (SSSR count). The third-order valence-electron chi connectivity index (χ3n) is 2.22. The highest BCUT2D eigenvalue weighted by molar-refractivity contribution is 5.95. The van der Waals surface area contributed by atoms with Gasteiger partial charge in [0.2, 0.25) is 11.8 Å². The molecule has 0 radical (unpaired) electrons. The first-order valence-electron chi connectivity index (χ1n) is 5.95. The summed E-state index contributed by atoms with van der Waals surface area (Å²) in [7, 11) is 1.51. The molecule has 0 unspecified atom stereocenters. The minimum absolute atomic E-state index is 0.0354. The fourth-order valence-corrected chi connectivity index (χ4v) is 1.33. The zero-order chi connectivity index (χ0) is 15.9. The lowest BCUT2D eigenvalue weighted by Crippen LogP contribution is -2.20. The Kier molecular flexibility index (Phi) is 6.22. The van der Waals surface area contributed by atoms with E-state index < -0.39 is 18.7 Å². The first-order valence-corrected chi connectivity index (χ1v) is 5.95. The number of alkyl halides is 3. The van der Waals surface area contributed by atoms with Crippen LogP contribution in [0.25, 0.3) is 0 Å². The smallest absolute Gasteiger partial charge is 0.422 e. The number of primary amides is 1. The van der Waals surface area contributed by atoms with E-state index >= 15 is 0 Å². The van der Waals surface area contributed by atoms with Crippen LogP contribution in [0.15, 0.2) is 12.1 Å². The van der Waals surface area contributed by atoms with E-state index in [9.17, 15) is 18.0 Å². The van der Waals surface area contributed by atoms with Crippen molar-refractivity contribution in [3.05, 3.63) is 17.7 Å². The molecule has 0 saturated heterocycles. The molecular formula is C12H15F3N2O4. The zero-order valence-electron chi connectivity index (χ0n) is 11.3. The maximum Gasteiger partial charge on any atom is 0.422 e. The van der Waals surface area contributed by atoms with Crippen molar-refractivity contribution in [3.8, 4) is 11.8 Å². The van der Waals surface area contributed by atoms with Crippen LogP contribution in [0.3, 0.4) is 0 Å². The van der Waals surface area contributed by atoms with Crippen LogP contribution in [0.5, 0.6) is 11.8 Å². The monoisotopic (exact) mass is 308 g/mol. The summed E-state index contributed by atoms with van der Waals surface area (Å²) in [5.74, 6) is -1.27. The van der Waals surface area contributed by atoms with Gasteiger partial charge in [-0.1, -0.05) is 0 Å². The van der Waals surface area contributed by atoms with Gasteiger partial charge < -0.3 is 19.9 Å². The predicted molar refractivity (Wildman–Crippen MR) is 66.3 cm³/mol. The number of nitrogens with zero attached hydrogens (tertiary/aromatic N) is 1. The van der Waals surface area contributed by atoms with Crippen molar-refractivity contribution in [2.24, 2.45) is 5.73 Å². The van der Waals surface area contributed by atoms with E-state index in [1.165, 1.54) is 13.2 Å². The van der Waals surface area contributed by atoms with Crippen LogP contribution in [-0.4, -0.2) is 44.0 Å². The average molecular weight is 308 g/mol. The second kappa shape index (κ2) is 7.67. The van der Waals surface area contributed by atoms with E-state index in [1.807, 2.05) is 0 Å². The van der Waals surface area contributed by atoms with E-state index in [-0.39, 0.29) is 23.9 Å². The minimum atomic E-state index is -4.48. The van der Waals surface area contributed by atoms with E-state index in [0.717, 1.165) is 6.07 Å². The molecule has 6 nitrogen and oxygen atoms in total. The molecule has 0 fully saturated rings. The summed E-state index contributed by atoms with van der Waals surface area (Å²) in [4.78, 5) is 14.9. The molecule has 2 N–H and O–H groups in total. The van der Waals surface area contributed by atoms with Crippen molar-refractivity contribution in [2.45, 2.75) is 12.6 Å². The van der Waals surface area contributed by atoms with Gasteiger partial charge in [-0.05, 0) is 6.07 Å². The number of ether oxygens (including phenoxy) is 3. The van der Waals surface area contributed by atoms with Crippen molar-refractivity contribution in [1.29, 1.82) is 0 Å². The number of carbonyl (C=O) groups excluding carboxylic acids is 1. The standard InChI is InChI=1S/C12H15F3N2O4/c1-19-5-2-6-20-11-8(10(16)18)3-4-9(17-11)21-7-12(13,14)15/h3-4H,2,5-7H2,1H3,(H2,16,18). The molecule has 1 amide bonds. The highest BCUT2D eigenvalue weighted by Gasteiger charge is 2.29. The zero-order valence-corrected chi connectivity index (χ0v) is 11.3. The lowest BCUT2D eigenvalue weighted by atomic mass is 10.2. The number of halogens is 3. The fraction of sp³-hybridized carbons (Fsp3) is 0.500. The van der Waals surface area contributed by atoms with E-state index in [0.29, 0.717) is 13.0 Å². The second-order valence-electron chi connectivity index (χ2n) is 3.97. The molecule has 0 aliphatic rings. The Morgan fingerprint density at radius 3 is 2.57 bits per heavy atom. The Labute approximate surface area is 119 Å². The molecule has 0 bridgehead atoms. The quantitative estimate of drug-likeness (QED) is 0.736. The molecule has 0 aliphatic heterocycles. The predicted octanol–water partition coefficient (Wildman–Crippen LogP) is 1.54. The van der Waals surface area contributed by atoms with Crippen LogP contribution in [0.2, 0.25) is 0 Å². The van der Waals surface area contributed by atoms with Crippen LogP contribution in [0.1, 0.15) is 16.8 Å². The van der Waals surface area contributed by atoms with Crippen molar-refractivity contribution >= 4 is 5.91 Å². The molecule has 0 aromatic carbocycles. The molecule has 0 saturated carbocycles. The van der Waals surface area contributed by atoms with Gasteiger partial charge in [0.15, 0.2) is 6.61 Å². The number of amides is 1. The number of pyridine rings is 1. The summed E-state index contributed by atoms with van der Waals surface area (Å²) >= 11 is 0. The van der Waals surface area contributed by atoms with Gasteiger partial charge in [0.05, 0.1) is 6.61 Å². The number of carbonyl (C=O) groups is 1. The molecule has 1 aromatic rings. The van der Waals surface area contributed by atoms with Gasteiger partial charge in [0, 0.05) is 26.2 Å². The van der Waals surface area contributed by atoms with Gasteiger partial charge in [-0.2, -0.15) is 18.2 Å². The number of hydrogen-bond donors (Lipinski definition) is 1. The second-order valence-corrected chi connectivity index (χ2v) is 3.97. The lowest BCUT2D eigenvalue weighted by Gasteiger charge is -2.12. The molecule has 21 heavy (non-hydrogen) atoms. The third-order valence-corrected chi connectivity index (χ3v) is 2.22. The van der Waals surface area contributed by atoms with E-state index in [1.54, 1.807) is 0 Å². The third kappa shape index (κ3) is 6.30. The van der Waals surface area contributed by atoms with Crippen LogP contribution >= 0.6 is 0 Å². The van der Waals surface area contributed by atoms with Gasteiger partial charge in [0.25, 0.3) is 5.91 Å². The van der Waals surface area contributed by atoms with Crippen LogP contribution in [0.4, 0.5) is 13.2 Å². The Morgan fingerprint density at radius 1 is 1.29 bits per heavy atom. The number of methoxy groups -OCH3 is 1. The average Bonchev–Trinajstić information content (AvgIpc) is 2.40. The van der Waals surface area contributed by atoms with E-state index in [4.69, 9.17) is 15.2 Å². The molecule has 9 heteroatoms. The number of hydrogen-bond acceptors (Lipinski definition) is 5. The lowest BCUT2D eigenvalue weighted by molar-refractivity contribution is -0.154. The molecule has 0 atom stereocenters. The first-order chi connectivity index (χ1) is 9.83. The van der Waals surface area contributed by atoms with Gasteiger partial charge in [0.1, 0.15) is 5.56 Å². The highest BCUT2D eigenvalue weighted by atomic mass is 19.4.